The minimum Gasteiger partial charge on any atom is -0.497 e. The fraction of sp³-hybridized carbons (Fsp3) is 0.550. The van der Waals surface area contributed by atoms with Crippen LogP contribution < -0.4 is 4.74 Å². The van der Waals surface area contributed by atoms with Gasteiger partial charge in [-0.05, 0) is 61.6 Å². The Balaban J connectivity index is 1.63. The van der Waals surface area contributed by atoms with Crippen molar-refractivity contribution >= 4 is 10.9 Å². The maximum atomic E-state index is 6.81. The largest absolute Gasteiger partial charge is 0.497 e. The topological polar surface area (TPSA) is 34.6 Å². The molecule has 4 bridgehead atoms. The number of nitrogens with zero attached hydrogens (tertiary/aromatic N) is 2. The van der Waals surface area contributed by atoms with Crippen molar-refractivity contribution in [2.24, 2.45) is 5.92 Å². The number of aromatic nitrogens is 1. The number of morpholine rings is 1. The molecular formula is C20H24N2O2. The summed E-state index contributed by atoms with van der Waals surface area (Å²) in [6.45, 7) is 4.62. The monoisotopic (exact) mass is 324 g/mol. The molecule has 5 aliphatic rings. The van der Waals surface area contributed by atoms with Crippen LogP contribution in [0.25, 0.3) is 10.9 Å². The van der Waals surface area contributed by atoms with E-state index in [1.54, 1.807) is 7.11 Å². The van der Waals surface area contributed by atoms with Gasteiger partial charge < -0.3 is 9.47 Å². The summed E-state index contributed by atoms with van der Waals surface area (Å²) in [6.07, 6.45) is 5.73. The summed E-state index contributed by atoms with van der Waals surface area (Å²) in [5, 5.41) is 1.16. The number of hydrogen-bond acceptors (Lipinski definition) is 4. The number of rotatable bonds is 3. The van der Waals surface area contributed by atoms with Gasteiger partial charge in [0.1, 0.15) is 5.75 Å². The number of piperidine rings is 3. The molecule has 0 amide bonds. The van der Waals surface area contributed by atoms with E-state index in [9.17, 15) is 0 Å². The number of pyridine rings is 1. The number of benzene rings is 1. The molecule has 2 aromatic rings. The number of fused-ring (bicyclic) bond motifs is 3. The van der Waals surface area contributed by atoms with Gasteiger partial charge in [-0.2, -0.15) is 0 Å². The molecule has 126 valence electrons. The third-order valence-corrected chi connectivity index (χ3v) is 6.57. The molecule has 5 aliphatic heterocycles. The van der Waals surface area contributed by atoms with Gasteiger partial charge in [0.25, 0.3) is 0 Å². The van der Waals surface area contributed by atoms with E-state index in [1.807, 2.05) is 18.3 Å². The lowest BCUT2D eigenvalue weighted by Crippen LogP contribution is -2.70. The fourth-order valence-electron chi connectivity index (χ4n) is 5.25. The van der Waals surface area contributed by atoms with Gasteiger partial charge in [0.2, 0.25) is 0 Å². The summed E-state index contributed by atoms with van der Waals surface area (Å²) < 4.78 is 12.3. The highest BCUT2D eigenvalue weighted by Gasteiger charge is 2.58. The average molecular weight is 324 g/mol. The summed E-state index contributed by atoms with van der Waals surface area (Å²) in [7, 11) is 1.72. The molecule has 7 rings (SSSR count). The molecule has 4 heteroatoms. The molecule has 1 aromatic carbocycles. The average Bonchev–Trinajstić information content (AvgIpc) is 2.66. The van der Waals surface area contributed by atoms with Gasteiger partial charge in [-0.15, -0.1) is 0 Å². The maximum Gasteiger partial charge on any atom is 0.119 e. The smallest absolute Gasteiger partial charge is 0.119 e. The first-order valence-corrected chi connectivity index (χ1v) is 9.08. The molecular weight excluding hydrogens is 300 g/mol. The Morgan fingerprint density at radius 2 is 2.29 bits per heavy atom. The molecule has 5 atom stereocenters. The first kappa shape index (κ1) is 14.7. The summed E-state index contributed by atoms with van der Waals surface area (Å²) >= 11 is 0. The highest BCUT2D eigenvalue weighted by Crippen LogP contribution is 2.54. The van der Waals surface area contributed by atoms with E-state index in [-0.39, 0.29) is 11.7 Å². The lowest BCUT2D eigenvalue weighted by molar-refractivity contribution is -0.274. The summed E-state index contributed by atoms with van der Waals surface area (Å²) in [5.41, 5.74) is 2.34. The van der Waals surface area contributed by atoms with Crippen molar-refractivity contribution in [1.82, 2.24) is 9.88 Å². The van der Waals surface area contributed by atoms with Gasteiger partial charge in [-0.1, -0.05) is 6.92 Å². The van der Waals surface area contributed by atoms with Crippen LogP contribution in [-0.2, 0) is 4.74 Å². The molecule has 5 fully saturated rings. The van der Waals surface area contributed by atoms with Gasteiger partial charge in [-0.3, -0.25) is 9.88 Å². The van der Waals surface area contributed by atoms with Crippen LogP contribution in [0, 0.1) is 5.92 Å². The third kappa shape index (κ3) is 1.90. The van der Waals surface area contributed by atoms with Crippen LogP contribution in [0.4, 0.5) is 0 Å². The van der Waals surface area contributed by atoms with Crippen molar-refractivity contribution in [2.45, 2.75) is 43.9 Å². The Hall–Kier alpha value is -1.65. The third-order valence-electron chi connectivity index (χ3n) is 6.57. The number of methoxy groups -OCH3 is 1. The summed E-state index contributed by atoms with van der Waals surface area (Å²) in [4.78, 5) is 7.21. The molecule has 0 N–H and O–H groups in total. The van der Waals surface area contributed by atoms with Crippen LogP contribution in [0.2, 0.25) is 0 Å². The number of hydrogen-bond donors (Lipinski definition) is 0. The van der Waals surface area contributed by atoms with Gasteiger partial charge in [-0.25, -0.2) is 0 Å². The van der Waals surface area contributed by atoms with Crippen molar-refractivity contribution < 1.29 is 9.47 Å². The van der Waals surface area contributed by atoms with Crippen LogP contribution in [-0.4, -0.2) is 41.7 Å². The molecule has 24 heavy (non-hydrogen) atoms. The highest BCUT2D eigenvalue weighted by molar-refractivity contribution is 5.84. The second-order valence-electron chi connectivity index (χ2n) is 7.50. The normalized spacial score (nSPS) is 37.1. The van der Waals surface area contributed by atoms with E-state index in [0.717, 1.165) is 35.5 Å². The molecule has 4 unspecified atom stereocenters. The van der Waals surface area contributed by atoms with Crippen LogP contribution >= 0.6 is 0 Å². The lowest BCUT2D eigenvalue weighted by atomic mass is 9.66. The Morgan fingerprint density at radius 3 is 3.04 bits per heavy atom. The van der Waals surface area contributed by atoms with Crippen molar-refractivity contribution in [2.75, 3.05) is 20.2 Å². The van der Waals surface area contributed by atoms with Crippen molar-refractivity contribution in [3.63, 3.8) is 0 Å². The SMILES string of the molecule is CCC12CN3CCC1CC3[C@H](c1ccnc3ccc(OC)cc13)O2. The fourth-order valence-corrected chi connectivity index (χ4v) is 5.25. The zero-order chi connectivity index (χ0) is 16.3. The van der Waals surface area contributed by atoms with Gasteiger partial charge in [0.05, 0.1) is 24.3 Å². The van der Waals surface area contributed by atoms with Gasteiger partial charge >= 0.3 is 0 Å². The zero-order valence-corrected chi connectivity index (χ0v) is 14.4. The quantitative estimate of drug-likeness (QED) is 0.865. The van der Waals surface area contributed by atoms with Gasteiger partial charge in [0.15, 0.2) is 0 Å². The Kier molecular flexibility index (Phi) is 3.16. The van der Waals surface area contributed by atoms with E-state index in [2.05, 4.69) is 28.9 Å². The predicted molar refractivity (Wildman–Crippen MR) is 93.2 cm³/mol. The van der Waals surface area contributed by atoms with Crippen LogP contribution in [0.15, 0.2) is 30.5 Å². The predicted octanol–water partition coefficient (Wildman–Crippen LogP) is 3.56. The second-order valence-corrected chi connectivity index (χ2v) is 7.50. The Labute approximate surface area is 142 Å². The molecule has 5 saturated heterocycles. The summed E-state index contributed by atoms with van der Waals surface area (Å²) in [5.74, 6) is 1.61. The maximum absolute atomic E-state index is 6.81. The molecule has 6 heterocycles. The number of ether oxygens (including phenoxy) is 2. The highest BCUT2D eigenvalue weighted by atomic mass is 16.5. The minimum atomic E-state index is 0.0477. The standard InChI is InChI=1S/C20H24N2O2/c1-3-20-12-22-9-7-13(20)10-18(22)19(24-20)15-6-8-21-17-5-4-14(23-2)11-16(15)17/h4-6,8,11,13,18-19H,3,7,9-10,12H2,1-2H3/t13?,18?,19-,20?/m0/s1. The molecule has 0 spiro atoms. The molecule has 4 nitrogen and oxygen atoms in total. The zero-order valence-electron chi connectivity index (χ0n) is 14.4. The molecule has 0 radical (unpaired) electrons. The van der Waals surface area contributed by atoms with Crippen molar-refractivity contribution in [3.05, 3.63) is 36.0 Å². The Bertz CT molecular complexity index is 792. The second kappa shape index (κ2) is 5.17. The van der Waals surface area contributed by atoms with Crippen molar-refractivity contribution in [3.8, 4) is 5.75 Å². The van der Waals surface area contributed by atoms with E-state index in [1.165, 1.54) is 24.9 Å². The van der Waals surface area contributed by atoms with E-state index in [0.29, 0.717) is 6.04 Å². The lowest BCUT2D eigenvalue weighted by Gasteiger charge is -2.64. The minimum absolute atomic E-state index is 0.0477. The molecule has 0 saturated carbocycles. The summed E-state index contributed by atoms with van der Waals surface area (Å²) in [6, 6.07) is 8.78. The van der Waals surface area contributed by atoms with E-state index < -0.39 is 0 Å². The van der Waals surface area contributed by atoms with Crippen LogP contribution in [0.3, 0.4) is 0 Å². The van der Waals surface area contributed by atoms with Gasteiger partial charge in [0, 0.05) is 24.2 Å². The van der Waals surface area contributed by atoms with E-state index >= 15 is 0 Å². The Morgan fingerprint density at radius 1 is 1.38 bits per heavy atom. The van der Waals surface area contributed by atoms with Crippen LogP contribution in [0.1, 0.15) is 37.9 Å². The molecule has 1 aromatic heterocycles. The van der Waals surface area contributed by atoms with E-state index in [4.69, 9.17) is 9.47 Å². The van der Waals surface area contributed by atoms with Crippen molar-refractivity contribution in [1.29, 1.82) is 0 Å². The first-order valence-electron chi connectivity index (χ1n) is 9.08. The molecule has 0 aliphatic carbocycles. The van der Waals surface area contributed by atoms with Crippen LogP contribution in [0.5, 0.6) is 5.75 Å². The first-order chi connectivity index (χ1) is 11.7.